The van der Waals surface area contributed by atoms with E-state index in [-0.39, 0.29) is 0 Å². The molecule has 0 aromatic heterocycles. The Kier molecular flexibility index (Phi) is 7.11. The van der Waals surface area contributed by atoms with Gasteiger partial charge < -0.3 is 0 Å². The number of fused-ring (bicyclic) bond motifs is 6. The summed E-state index contributed by atoms with van der Waals surface area (Å²) in [6.45, 7) is 0. The topological polar surface area (TPSA) is 0 Å². The van der Waals surface area contributed by atoms with Crippen molar-refractivity contribution in [1.82, 2.24) is 0 Å². The molecule has 10 aromatic rings. The smallest absolute Gasteiger partial charge is 0.0633 e. The van der Waals surface area contributed by atoms with Crippen molar-refractivity contribution in [2.24, 2.45) is 0 Å². The fraction of sp³-hybridized carbons (Fsp3) is 0. The normalized spacial score (nSPS) is 11.8. The van der Waals surface area contributed by atoms with Crippen molar-refractivity contribution >= 4 is 73.8 Å². The number of hydrogen-bond acceptors (Lipinski definition) is 0. The van der Waals surface area contributed by atoms with Gasteiger partial charge in [0.05, 0.1) is 9.52 Å². The second-order valence-corrected chi connectivity index (χ2v) is 15.7. The van der Waals surface area contributed by atoms with E-state index in [2.05, 4.69) is 194 Å². The summed E-state index contributed by atoms with van der Waals surface area (Å²) in [7, 11) is -0.652. The number of hydrogen-bond donors (Lipinski definition) is 0. The molecule has 0 amide bonds. The van der Waals surface area contributed by atoms with Crippen LogP contribution in [0.2, 0.25) is 0 Å². The third-order valence-electron chi connectivity index (χ3n) is 10.6. The minimum absolute atomic E-state index is 0.652. The Balaban J connectivity index is 1.21. The van der Waals surface area contributed by atoms with Gasteiger partial charge >= 0.3 is 0 Å². The second-order valence-electron chi connectivity index (χ2n) is 13.7. The molecular weight excluding hydrogens is 629 g/mol. The Morgan fingerprint density at radius 2 is 0.804 bits per heavy atom. The summed E-state index contributed by atoms with van der Waals surface area (Å²) in [6, 6.07) is 72.2. The Labute approximate surface area is 300 Å². The molecule has 0 aliphatic heterocycles. The molecule has 0 atom stereocenters. The zero-order valence-electron chi connectivity index (χ0n) is 28.2. The minimum Gasteiger partial charge on any atom is -0.0633 e. The molecule has 0 nitrogen and oxygen atoms in total. The first kappa shape index (κ1) is 29.6. The third kappa shape index (κ3) is 5.14. The van der Waals surface area contributed by atoms with Crippen LogP contribution >= 0.6 is 0 Å². The summed E-state index contributed by atoms with van der Waals surface area (Å²) in [5.74, 6) is 0. The van der Waals surface area contributed by atoms with Crippen LogP contribution in [-0.4, -0.2) is 9.52 Å². The van der Waals surface area contributed by atoms with Gasteiger partial charge in [0.2, 0.25) is 0 Å². The van der Waals surface area contributed by atoms with Crippen molar-refractivity contribution in [3.8, 4) is 33.4 Å². The van der Waals surface area contributed by atoms with Crippen LogP contribution in [0.15, 0.2) is 194 Å². The first-order valence-electron chi connectivity index (χ1n) is 17.8. The molecule has 0 aliphatic rings. The predicted molar refractivity (Wildman–Crippen MR) is 225 cm³/mol. The Hall–Kier alpha value is -6.28. The molecule has 10 rings (SSSR count). The van der Waals surface area contributed by atoms with Crippen LogP contribution in [0.3, 0.4) is 0 Å². The fourth-order valence-corrected chi connectivity index (χ4v) is 9.76. The third-order valence-corrected chi connectivity index (χ3v) is 12.4. The molecule has 0 unspecified atom stereocenters. The van der Waals surface area contributed by atoms with E-state index in [0.29, 0.717) is 0 Å². The number of benzene rings is 10. The van der Waals surface area contributed by atoms with Crippen LogP contribution in [-0.2, 0) is 0 Å². The Morgan fingerprint density at radius 1 is 0.255 bits per heavy atom. The van der Waals surface area contributed by atoms with Crippen molar-refractivity contribution in [1.29, 1.82) is 0 Å². The van der Waals surface area contributed by atoms with Crippen molar-refractivity contribution in [2.75, 3.05) is 0 Å². The van der Waals surface area contributed by atoms with Gasteiger partial charge in [0.15, 0.2) is 0 Å². The van der Waals surface area contributed by atoms with E-state index in [1.54, 1.807) is 0 Å². The van der Waals surface area contributed by atoms with Crippen LogP contribution in [0, 0.1) is 0 Å². The molecule has 0 saturated carbocycles. The molecule has 0 N–H and O–H groups in total. The molecule has 51 heavy (non-hydrogen) atoms. The van der Waals surface area contributed by atoms with E-state index in [1.165, 1.54) is 97.6 Å². The summed E-state index contributed by atoms with van der Waals surface area (Å²) in [5.41, 5.74) is 7.63. The highest BCUT2D eigenvalue weighted by Gasteiger charge is 2.18. The minimum atomic E-state index is -0.652. The second kappa shape index (κ2) is 12.2. The average Bonchev–Trinajstić information content (AvgIpc) is 3.20. The lowest BCUT2D eigenvalue weighted by molar-refractivity contribution is 1.64. The van der Waals surface area contributed by atoms with Gasteiger partial charge in [0.25, 0.3) is 0 Å². The first-order chi connectivity index (χ1) is 25.3. The molecule has 10 aromatic carbocycles. The summed E-state index contributed by atoms with van der Waals surface area (Å²) < 4.78 is 0. The predicted octanol–water partition coefficient (Wildman–Crippen LogP) is 11.6. The van der Waals surface area contributed by atoms with Crippen molar-refractivity contribution in [3.05, 3.63) is 194 Å². The van der Waals surface area contributed by atoms with Crippen molar-refractivity contribution < 1.29 is 0 Å². The average molecular weight is 663 g/mol. The van der Waals surface area contributed by atoms with E-state index in [0.717, 1.165) is 0 Å². The van der Waals surface area contributed by atoms with Crippen molar-refractivity contribution in [3.63, 3.8) is 0 Å². The van der Waals surface area contributed by atoms with Gasteiger partial charge in [-0.2, -0.15) is 0 Å². The van der Waals surface area contributed by atoms with Crippen molar-refractivity contribution in [2.45, 2.75) is 0 Å². The van der Waals surface area contributed by atoms with Gasteiger partial charge in [-0.1, -0.05) is 192 Å². The largest absolute Gasteiger partial charge is 0.0875 e. The van der Waals surface area contributed by atoms with E-state index in [4.69, 9.17) is 0 Å². The molecule has 0 aliphatic carbocycles. The molecule has 0 bridgehead atoms. The van der Waals surface area contributed by atoms with Gasteiger partial charge in [-0.25, -0.2) is 0 Å². The fourth-order valence-electron chi connectivity index (χ4n) is 8.24. The summed E-state index contributed by atoms with van der Waals surface area (Å²) >= 11 is 0. The van der Waals surface area contributed by atoms with Crippen LogP contribution < -0.4 is 10.4 Å². The lowest BCUT2D eigenvalue weighted by atomic mass is 9.85. The summed E-state index contributed by atoms with van der Waals surface area (Å²) in [6.07, 6.45) is 0. The zero-order valence-corrected chi connectivity index (χ0v) is 29.6. The molecule has 1 heteroatoms. The molecule has 0 spiro atoms. The van der Waals surface area contributed by atoms with E-state index in [9.17, 15) is 0 Å². The lowest BCUT2D eigenvalue weighted by Gasteiger charge is -2.19. The molecule has 0 fully saturated rings. The van der Waals surface area contributed by atoms with Crippen LogP contribution in [0.1, 0.15) is 0 Å². The lowest BCUT2D eigenvalue weighted by Crippen LogP contribution is -2.26. The molecule has 0 saturated heterocycles. The summed E-state index contributed by atoms with van der Waals surface area (Å²) in [5, 5.41) is 15.8. The quantitative estimate of drug-likeness (QED) is 0.0977. The zero-order chi connectivity index (χ0) is 33.7. The first-order valence-corrected chi connectivity index (χ1v) is 19.2. The maximum atomic E-state index is 2.51. The van der Waals surface area contributed by atoms with E-state index >= 15 is 0 Å². The molecular formula is C50H34Si. The van der Waals surface area contributed by atoms with Crippen LogP contribution in [0.5, 0.6) is 0 Å². The van der Waals surface area contributed by atoms with E-state index < -0.39 is 9.52 Å². The molecule has 238 valence electrons. The van der Waals surface area contributed by atoms with Gasteiger partial charge in [0, 0.05) is 0 Å². The van der Waals surface area contributed by atoms with E-state index in [1.807, 2.05) is 0 Å². The highest BCUT2D eigenvalue weighted by molar-refractivity contribution is 6.67. The maximum absolute atomic E-state index is 2.51. The molecule has 0 heterocycles. The van der Waals surface area contributed by atoms with Gasteiger partial charge in [-0.05, 0) is 99.4 Å². The van der Waals surface area contributed by atoms with Crippen LogP contribution in [0.4, 0.5) is 0 Å². The molecule has 0 radical (unpaired) electrons. The summed E-state index contributed by atoms with van der Waals surface area (Å²) in [4.78, 5) is 0. The standard InChI is InChI=1S/C50H34Si/c1-2-15-39(16-3-1)51-40-28-29-46-48(32-40)49(44-20-10-11-21-45(44)50(46)38-27-22-33-12-4-5-13-36(33)30-38)35-25-23-34(24-26-35)47-31-37-14-6-7-17-41(37)42-18-8-9-19-43(42)47/h1-32H,51H2. The van der Waals surface area contributed by atoms with Gasteiger partial charge in [-0.3, -0.25) is 0 Å². The number of rotatable bonds is 5. The Morgan fingerprint density at radius 3 is 1.57 bits per heavy atom. The highest BCUT2D eigenvalue weighted by atomic mass is 28.2. The SMILES string of the molecule is c1ccc([SiH2]c2ccc3c(-c4ccc5ccccc5c4)c4ccccc4c(-c4ccc(-c5cc6ccccc6c6ccccc56)cc4)c3c2)cc1. The highest BCUT2D eigenvalue weighted by Crippen LogP contribution is 2.44. The Bertz CT molecular complexity index is 2920. The van der Waals surface area contributed by atoms with Crippen LogP contribution in [0.25, 0.3) is 87.2 Å². The maximum Gasteiger partial charge on any atom is 0.0875 e. The van der Waals surface area contributed by atoms with Gasteiger partial charge in [0.1, 0.15) is 0 Å². The monoisotopic (exact) mass is 662 g/mol. The van der Waals surface area contributed by atoms with Gasteiger partial charge in [-0.15, -0.1) is 0 Å².